The van der Waals surface area contributed by atoms with Crippen molar-refractivity contribution in [3.8, 4) is 0 Å². The number of carbonyl (C=O) groups is 1. The molecule has 3 heterocycles. The van der Waals surface area contributed by atoms with Gasteiger partial charge in [-0.05, 0) is 31.2 Å². The minimum Gasteiger partial charge on any atom is -0.369 e. The predicted molar refractivity (Wildman–Crippen MR) is 94.0 cm³/mol. The van der Waals surface area contributed by atoms with Crippen LogP contribution in [0.3, 0.4) is 0 Å². The van der Waals surface area contributed by atoms with Crippen LogP contribution in [-0.4, -0.2) is 61.9 Å². The highest BCUT2D eigenvalue weighted by atomic mass is 32.2. The van der Waals surface area contributed by atoms with Gasteiger partial charge in [-0.15, -0.1) is 0 Å². The van der Waals surface area contributed by atoms with Gasteiger partial charge in [0.1, 0.15) is 0 Å². The van der Waals surface area contributed by atoms with E-state index in [0.29, 0.717) is 17.9 Å². The molecule has 1 aromatic heterocycles. The highest BCUT2D eigenvalue weighted by molar-refractivity contribution is 7.91. The molecule has 1 amide bonds. The van der Waals surface area contributed by atoms with Gasteiger partial charge in [0.25, 0.3) is 5.91 Å². The number of hydrogen-bond acceptors (Lipinski definition) is 5. The third-order valence-electron chi connectivity index (χ3n) is 5.21. The van der Waals surface area contributed by atoms with Crippen LogP contribution in [0.2, 0.25) is 0 Å². The SMILES string of the molecule is CC1CCN(C(=O)c2cncc(N(C)C3CCS(=O)(=O)C3)c2)CC1. The van der Waals surface area contributed by atoms with Crippen LogP contribution in [0.15, 0.2) is 18.5 Å². The van der Waals surface area contributed by atoms with Crippen LogP contribution in [0, 0.1) is 5.92 Å². The van der Waals surface area contributed by atoms with E-state index in [0.717, 1.165) is 31.6 Å². The van der Waals surface area contributed by atoms with E-state index in [1.165, 1.54) is 0 Å². The summed E-state index contributed by atoms with van der Waals surface area (Å²) in [6, 6.07) is 1.79. The fourth-order valence-corrected chi connectivity index (χ4v) is 5.20. The molecule has 2 aliphatic rings. The van der Waals surface area contributed by atoms with Gasteiger partial charge in [-0.25, -0.2) is 8.42 Å². The molecule has 6 nitrogen and oxygen atoms in total. The first-order chi connectivity index (χ1) is 11.4. The smallest absolute Gasteiger partial charge is 0.255 e. The second-order valence-electron chi connectivity index (χ2n) is 7.07. The molecular weight excluding hydrogens is 326 g/mol. The Balaban J connectivity index is 1.73. The Morgan fingerprint density at radius 2 is 1.96 bits per heavy atom. The maximum absolute atomic E-state index is 12.7. The summed E-state index contributed by atoms with van der Waals surface area (Å²) in [6.45, 7) is 3.80. The summed E-state index contributed by atoms with van der Waals surface area (Å²) in [5.41, 5.74) is 1.38. The van der Waals surface area contributed by atoms with E-state index < -0.39 is 9.84 Å². The first kappa shape index (κ1) is 17.2. The number of nitrogens with zero attached hydrogens (tertiary/aromatic N) is 3. The highest BCUT2D eigenvalue weighted by Crippen LogP contribution is 2.24. The van der Waals surface area contributed by atoms with Crippen molar-refractivity contribution in [2.45, 2.75) is 32.2 Å². The van der Waals surface area contributed by atoms with E-state index in [-0.39, 0.29) is 23.5 Å². The number of rotatable bonds is 3. The first-order valence-corrected chi connectivity index (χ1v) is 10.4. The van der Waals surface area contributed by atoms with Crippen molar-refractivity contribution in [2.24, 2.45) is 5.92 Å². The van der Waals surface area contributed by atoms with E-state index in [9.17, 15) is 13.2 Å². The lowest BCUT2D eigenvalue weighted by Crippen LogP contribution is -2.38. The number of pyridine rings is 1. The van der Waals surface area contributed by atoms with Crippen molar-refractivity contribution in [3.63, 3.8) is 0 Å². The lowest BCUT2D eigenvalue weighted by Gasteiger charge is -2.31. The Labute approximate surface area is 143 Å². The van der Waals surface area contributed by atoms with Gasteiger partial charge >= 0.3 is 0 Å². The summed E-state index contributed by atoms with van der Waals surface area (Å²) in [4.78, 5) is 20.7. The van der Waals surface area contributed by atoms with Crippen LogP contribution < -0.4 is 4.90 Å². The van der Waals surface area contributed by atoms with Gasteiger partial charge in [-0.1, -0.05) is 6.92 Å². The van der Waals surface area contributed by atoms with Gasteiger partial charge in [0.15, 0.2) is 9.84 Å². The van der Waals surface area contributed by atoms with Crippen molar-refractivity contribution in [1.29, 1.82) is 0 Å². The predicted octanol–water partition coefficient (Wildman–Crippen LogP) is 1.58. The van der Waals surface area contributed by atoms with Crippen LogP contribution in [0.25, 0.3) is 0 Å². The zero-order valence-corrected chi connectivity index (χ0v) is 15.1. The molecular formula is C17H25N3O3S. The van der Waals surface area contributed by atoms with Crippen LogP contribution in [0.4, 0.5) is 5.69 Å². The molecule has 1 atom stereocenters. The van der Waals surface area contributed by atoms with Crippen molar-refractivity contribution in [1.82, 2.24) is 9.88 Å². The van der Waals surface area contributed by atoms with Gasteiger partial charge in [0.2, 0.25) is 0 Å². The molecule has 2 aliphatic heterocycles. The second kappa shape index (κ2) is 6.70. The van der Waals surface area contributed by atoms with Crippen LogP contribution >= 0.6 is 0 Å². The fourth-order valence-electron chi connectivity index (χ4n) is 3.42. The zero-order valence-electron chi connectivity index (χ0n) is 14.3. The average molecular weight is 351 g/mol. The summed E-state index contributed by atoms with van der Waals surface area (Å²) in [5, 5.41) is 0. The summed E-state index contributed by atoms with van der Waals surface area (Å²) in [5.74, 6) is 1.10. The number of anilines is 1. The monoisotopic (exact) mass is 351 g/mol. The molecule has 0 radical (unpaired) electrons. The standard InChI is InChI=1S/C17H25N3O3S/c1-13-3-6-20(7-4-13)17(21)14-9-16(11-18-10-14)19(2)15-5-8-24(22,23)12-15/h9-11,13,15H,3-8,12H2,1-2H3. The molecule has 0 saturated carbocycles. The molecule has 3 rings (SSSR count). The zero-order chi connectivity index (χ0) is 17.3. The Morgan fingerprint density at radius 3 is 2.58 bits per heavy atom. The number of piperidine rings is 1. The molecule has 132 valence electrons. The van der Waals surface area contributed by atoms with Crippen LogP contribution in [0.1, 0.15) is 36.5 Å². The Kier molecular flexibility index (Phi) is 4.80. The molecule has 1 aromatic rings. The molecule has 0 spiro atoms. The average Bonchev–Trinajstić information content (AvgIpc) is 2.94. The Hall–Kier alpha value is -1.63. The van der Waals surface area contributed by atoms with E-state index in [1.807, 2.05) is 22.9 Å². The largest absolute Gasteiger partial charge is 0.369 e. The van der Waals surface area contributed by atoms with E-state index in [2.05, 4.69) is 11.9 Å². The van der Waals surface area contributed by atoms with Crippen molar-refractivity contribution in [3.05, 3.63) is 24.0 Å². The lowest BCUT2D eigenvalue weighted by atomic mass is 9.99. The van der Waals surface area contributed by atoms with Crippen molar-refractivity contribution < 1.29 is 13.2 Å². The van der Waals surface area contributed by atoms with Gasteiger partial charge < -0.3 is 9.80 Å². The maximum Gasteiger partial charge on any atom is 0.255 e. The molecule has 1 unspecified atom stereocenters. The minimum absolute atomic E-state index is 0.0173. The molecule has 0 bridgehead atoms. The molecule has 24 heavy (non-hydrogen) atoms. The topological polar surface area (TPSA) is 70.6 Å². The molecule has 2 saturated heterocycles. The van der Waals surface area contributed by atoms with Gasteiger partial charge in [-0.2, -0.15) is 0 Å². The summed E-state index contributed by atoms with van der Waals surface area (Å²) in [7, 11) is -1.06. The minimum atomic E-state index is -2.93. The maximum atomic E-state index is 12.7. The van der Waals surface area contributed by atoms with E-state index in [4.69, 9.17) is 0 Å². The van der Waals surface area contributed by atoms with Crippen molar-refractivity contribution >= 4 is 21.4 Å². The van der Waals surface area contributed by atoms with Gasteiger partial charge in [-0.3, -0.25) is 9.78 Å². The quantitative estimate of drug-likeness (QED) is 0.827. The summed E-state index contributed by atoms with van der Waals surface area (Å²) < 4.78 is 23.4. The number of hydrogen-bond donors (Lipinski definition) is 0. The number of likely N-dealkylation sites (tertiary alicyclic amines) is 1. The molecule has 0 aromatic carbocycles. The van der Waals surface area contributed by atoms with Gasteiger partial charge in [0, 0.05) is 32.4 Å². The first-order valence-electron chi connectivity index (χ1n) is 8.53. The highest BCUT2D eigenvalue weighted by Gasteiger charge is 2.31. The summed E-state index contributed by atoms with van der Waals surface area (Å²) >= 11 is 0. The summed E-state index contributed by atoms with van der Waals surface area (Å²) in [6.07, 6.45) is 6.00. The molecule has 0 N–H and O–H groups in total. The third-order valence-corrected chi connectivity index (χ3v) is 6.96. The van der Waals surface area contributed by atoms with E-state index in [1.54, 1.807) is 12.4 Å². The fraction of sp³-hybridized carbons (Fsp3) is 0.647. The lowest BCUT2D eigenvalue weighted by molar-refractivity contribution is 0.0697. The Morgan fingerprint density at radius 1 is 1.25 bits per heavy atom. The number of amides is 1. The molecule has 2 fully saturated rings. The van der Waals surface area contributed by atoms with Crippen LogP contribution in [-0.2, 0) is 9.84 Å². The second-order valence-corrected chi connectivity index (χ2v) is 9.30. The normalized spacial score (nSPS) is 24.1. The molecule has 7 heteroatoms. The number of carbonyl (C=O) groups excluding carboxylic acids is 1. The number of sulfone groups is 1. The Bertz CT molecular complexity index is 712. The number of aromatic nitrogens is 1. The van der Waals surface area contributed by atoms with Crippen LogP contribution in [0.5, 0.6) is 0 Å². The van der Waals surface area contributed by atoms with Gasteiger partial charge in [0.05, 0.1) is 29.0 Å². The van der Waals surface area contributed by atoms with Crippen molar-refractivity contribution in [2.75, 3.05) is 36.5 Å². The van der Waals surface area contributed by atoms with E-state index >= 15 is 0 Å². The molecule has 0 aliphatic carbocycles. The third kappa shape index (κ3) is 3.71.